The molecule has 8 nitrogen and oxygen atoms in total. The summed E-state index contributed by atoms with van der Waals surface area (Å²) in [5.74, 6) is 0.210. The van der Waals surface area contributed by atoms with Crippen LogP contribution in [0.4, 0.5) is 10.5 Å². The SMILES string of the molecule is C[C@H](CO)N1C[C@H](C)[C@@H](CN(C)Cc2ccc(Cl)c(Cl)c2)Oc2ccc(NC(=O)NC3CCCCC3)cc2C1=O. The number of nitrogens with zero attached hydrogens (tertiary/aromatic N) is 2. The van der Waals surface area contributed by atoms with Crippen LogP contribution in [0.5, 0.6) is 5.75 Å². The Hall–Kier alpha value is -2.52. The van der Waals surface area contributed by atoms with Gasteiger partial charge < -0.3 is 25.4 Å². The van der Waals surface area contributed by atoms with Crippen molar-refractivity contribution in [3.63, 3.8) is 0 Å². The van der Waals surface area contributed by atoms with Gasteiger partial charge in [-0.25, -0.2) is 4.79 Å². The Labute approximate surface area is 247 Å². The largest absolute Gasteiger partial charge is 0.488 e. The van der Waals surface area contributed by atoms with Gasteiger partial charge in [-0.05, 0) is 62.7 Å². The van der Waals surface area contributed by atoms with Crippen LogP contribution in [-0.2, 0) is 6.54 Å². The molecule has 2 aromatic rings. The molecule has 1 aliphatic carbocycles. The molecule has 3 amide bonds. The van der Waals surface area contributed by atoms with Crippen LogP contribution in [0.3, 0.4) is 0 Å². The lowest BCUT2D eigenvalue weighted by molar-refractivity contribution is 0.0341. The minimum absolute atomic E-state index is 0.0126. The van der Waals surface area contributed by atoms with Crippen LogP contribution < -0.4 is 15.4 Å². The summed E-state index contributed by atoms with van der Waals surface area (Å²) in [7, 11) is 2.01. The van der Waals surface area contributed by atoms with Gasteiger partial charge in [0.25, 0.3) is 5.91 Å². The molecule has 1 heterocycles. The summed E-state index contributed by atoms with van der Waals surface area (Å²) in [4.78, 5) is 30.2. The van der Waals surface area contributed by atoms with Crippen molar-refractivity contribution in [3.8, 4) is 5.75 Å². The quantitative estimate of drug-likeness (QED) is 0.361. The van der Waals surface area contributed by atoms with E-state index in [4.69, 9.17) is 27.9 Å². The number of halogens is 2. The van der Waals surface area contributed by atoms with Gasteiger partial charge in [-0.1, -0.05) is 55.5 Å². The zero-order valence-corrected chi connectivity index (χ0v) is 25.0. The number of nitrogens with one attached hydrogen (secondary N) is 2. The average molecular weight is 592 g/mol. The van der Waals surface area contributed by atoms with Crippen molar-refractivity contribution in [2.24, 2.45) is 5.92 Å². The second-order valence-electron chi connectivity index (χ2n) is 11.2. The molecule has 0 spiro atoms. The van der Waals surface area contributed by atoms with E-state index in [2.05, 4.69) is 22.5 Å². The van der Waals surface area contributed by atoms with E-state index in [0.29, 0.717) is 46.7 Å². The summed E-state index contributed by atoms with van der Waals surface area (Å²) in [5.41, 5.74) is 1.91. The highest BCUT2D eigenvalue weighted by Gasteiger charge is 2.33. The lowest BCUT2D eigenvalue weighted by Gasteiger charge is -2.38. The number of likely N-dealkylation sites (N-methyl/N-ethyl adjacent to an activating group) is 1. The first-order valence-electron chi connectivity index (χ1n) is 14.1. The fraction of sp³-hybridized carbons (Fsp3) is 0.533. The lowest BCUT2D eigenvalue weighted by Crippen LogP contribution is -2.49. The predicted molar refractivity (Wildman–Crippen MR) is 159 cm³/mol. The minimum Gasteiger partial charge on any atom is -0.488 e. The van der Waals surface area contributed by atoms with Gasteiger partial charge in [0.15, 0.2) is 0 Å². The summed E-state index contributed by atoms with van der Waals surface area (Å²) in [6, 6.07) is 10.3. The number of aliphatic hydroxyl groups is 1. The first kappa shape index (κ1) is 30.4. The Bertz CT molecular complexity index is 1190. The smallest absolute Gasteiger partial charge is 0.319 e. The van der Waals surface area contributed by atoms with Crippen molar-refractivity contribution >= 4 is 40.8 Å². The molecule has 2 aromatic carbocycles. The van der Waals surface area contributed by atoms with Crippen LogP contribution >= 0.6 is 23.2 Å². The molecular weight excluding hydrogens is 551 g/mol. The molecule has 10 heteroatoms. The minimum atomic E-state index is -0.373. The molecular formula is C30H40Cl2N4O4. The second kappa shape index (κ2) is 13.9. The summed E-state index contributed by atoms with van der Waals surface area (Å²) in [5, 5.41) is 16.9. The summed E-state index contributed by atoms with van der Waals surface area (Å²) < 4.78 is 6.49. The predicted octanol–water partition coefficient (Wildman–Crippen LogP) is 5.80. The van der Waals surface area contributed by atoms with Crippen LogP contribution in [0, 0.1) is 5.92 Å². The Morgan fingerprint density at radius 3 is 2.60 bits per heavy atom. The van der Waals surface area contributed by atoms with E-state index >= 15 is 0 Å². The Balaban J connectivity index is 1.53. The molecule has 1 saturated carbocycles. The van der Waals surface area contributed by atoms with E-state index < -0.39 is 0 Å². The van der Waals surface area contributed by atoms with E-state index in [1.54, 1.807) is 29.2 Å². The van der Waals surface area contributed by atoms with Crippen LogP contribution in [-0.4, -0.2) is 71.8 Å². The van der Waals surface area contributed by atoms with E-state index in [9.17, 15) is 14.7 Å². The molecule has 1 fully saturated rings. The maximum atomic E-state index is 13.7. The van der Waals surface area contributed by atoms with Crippen molar-refractivity contribution < 1.29 is 19.4 Å². The molecule has 3 atom stereocenters. The Morgan fingerprint density at radius 2 is 1.90 bits per heavy atom. The van der Waals surface area contributed by atoms with Gasteiger partial charge in [0.2, 0.25) is 0 Å². The fourth-order valence-electron chi connectivity index (χ4n) is 5.44. The Kier molecular flexibility index (Phi) is 10.6. The maximum absolute atomic E-state index is 13.7. The van der Waals surface area contributed by atoms with Gasteiger partial charge in [0, 0.05) is 37.3 Å². The average Bonchev–Trinajstić information content (AvgIpc) is 2.93. The third-order valence-corrected chi connectivity index (χ3v) is 8.53. The van der Waals surface area contributed by atoms with Crippen LogP contribution in [0.1, 0.15) is 61.9 Å². The normalized spacial score (nSPS) is 20.8. The molecule has 0 radical (unpaired) electrons. The second-order valence-corrected chi connectivity index (χ2v) is 12.0. The maximum Gasteiger partial charge on any atom is 0.319 e. The van der Waals surface area contributed by atoms with E-state index in [1.165, 1.54) is 6.42 Å². The number of ether oxygens (including phenoxy) is 1. The number of urea groups is 1. The van der Waals surface area contributed by atoms with Crippen LogP contribution in [0.15, 0.2) is 36.4 Å². The molecule has 4 rings (SSSR count). The highest BCUT2D eigenvalue weighted by molar-refractivity contribution is 6.42. The summed E-state index contributed by atoms with van der Waals surface area (Å²) >= 11 is 12.3. The Morgan fingerprint density at radius 1 is 1.15 bits per heavy atom. The molecule has 218 valence electrons. The van der Waals surface area contributed by atoms with Gasteiger partial charge >= 0.3 is 6.03 Å². The topological polar surface area (TPSA) is 94.1 Å². The summed E-state index contributed by atoms with van der Waals surface area (Å²) in [6.45, 7) is 5.39. The number of benzene rings is 2. The molecule has 0 bridgehead atoms. The standard InChI is InChI=1S/C30H40Cl2N4O4/c1-19-15-36(20(2)18-37)29(38)24-14-23(34-30(39)33-22-7-5-4-6-8-22)10-12-27(24)40-28(19)17-35(3)16-21-9-11-25(31)26(32)13-21/h9-14,19-20,22,28,37H,4-8,15-18H2,1-3H3,(H2,33,34,39)/t19-,20+,28+/m0/s1. The highest BCUT2D eigenvalue weighted by Crippen LogP contribution is 2.31. The molecule has 2 aliphatic rings. The number of hydrogen-bond acceptors (Lipinski definition) is 5. The number of carbonyl (C=O) groups excluding carboxylic acids is 2. The molecule has 0 saturated heterocycles. The van der Waals surface area contributed by atoms with Crippen molar-refractivity contribution in [3.05, 3.63) is 57.6 Å². The van der Waals surface area contributed by atoms with Crippen LogP contribution in [0.25, 0.3) is 0 Å². The molecule has 40 heavy (non-hydrogen) atoms. The first-order valence-corrected chi connectivity index (χ1v) is 14.8. The van der Waals surface area contributed by atoms with E-state index in [-0.39, 0.29) is 42.7 Å². The third kappa shape index (κ3) is 7.81. The number of carbonyl (C=O) groups is 2. The monoisotopic (exact) mass is 590 g/mol. The molecule has 1 aliphatic heterocycles. The van der Waals surface area contributed by atoms with Gasteiger partial charge in [-0.2, -0.15) is 0 Å². The van der Waals surface area contributed by atoms with Gasteiger partial charge in [0.05, 0.1) is 28.3 Å². The first-order chi connectivity index (χ1) is 19.1. The molecule has 3 N–H and O–H groups in total. The zero-order chi connectivity index (χ0) is 28.8. The summed E-state index contributed by atoms with van der Waals surface area (Å²) in [6.07, 6.45) is 5.18. The van der Waals surface area contributed by atoms with Crippen molar-refractivity contribution in [1.29, 1.82) is 0 Å². The van der Waals surface area contributed by atoms with E-state index in [0.717, 1.165) is 31.2 Å². The van der Waals surface area contributed by atoms with Crippen molar-refractivity contribution in [1.82, 2.24) is 15.1 Å². The number of hydrogen-bond donors (Lipinski definition) is 3. The molecule has 0 unspecified atom stereocenters. The van der Waals surface area contributed by atoms with Gasteiger partial charge in [-0.15, -0.1) is 0 Å². The number of rotatable bonds is 8. The van der Waals surface area contributed by atoms with Crippen molar-refractivity contribution in [2.45, 2.75) is 70.7 Å². The zero-order valence-electron chi connectivity index (χ0n) is 23.5. The van der Waals surface area contributed by atoms with Crippen LogP contribution in [0.2, 0.25) is 10.0 Å². The lowest BCUT2D eigenvalue weighted by atomic mass is 9.96. The highest BCUT2D eigenvalue weighted by atomic mass is 35.5. The van der Waals surface area contributed by atoms with Gasteiger partial charge in [-0.3, -0.25) is 9.69 Å². The van der Waals surface area contributed by atoms with E-state index in [1.807, 2.05) is 26.1 Å². The molecule has 0 aromatic heterocycles. The third-order valence-electron chi connectivity index (χ3n) is 7.79. The van der Waals surface area contributed by atoms with Crippen molar-refractivity contribution in [2.75, 3.05) is 32.1 Å². The number of aliphatic hydroxyl groups excluding tert-OH is 1. The fourth-order valence-corrected chi connectivity index (χ4v) is 5.76. The van der Waals surface area contributed by atoms with Gasteiger partial charge in [0.1, 0.15) is 11.9 Å². The number of anilines is 1. The number of fused-ring (bicyclic) bond motifs is 1. The number of amides is 3.